The van der Waals surface area contributed by atoms with Crippen molar-refractivity contribution in [2.24, 2.45) is 0 Å². The van der Waals surface area contributed by atoms with E-state index in [4.69, 9.17) is 10.2 Å². The number of carboxylic acid groups (broad SMARTS) is 1. The van der Waals surface area contributed by atoms with Crippen LogP contribution < -0.4 is 5.32 Å². The van der Waals surface area contributed by atoms with Crippen LogP contribution in [0.2, 0.25) is 0 Å². The van der Waals surface area contributed by atoms with Gasteiger partial charge in [-0.3, -0.25) is 9.59 Å². The number of hydrogen-bond acceptors (Lipinski definition) is 9. The van der Waals surface area contributed by atoms with E-state index in [0.717, 1.165) is 5.56 Å². The molecule has 0 bridgehead atoms. The van der Waals surface area contributed by atoms with Gasteiger partial charge in [-0.15, -0.1) is 16.7 Å². The van der Waals surface area contributed by atoms with Crippen molar-refractivity contribution < 1.29 is 108 Å². The molecule has 0 aliphatic heterocycles. The molecular formula is C43H58N3O9W3-3. The molecule has 4 atom stereocenters. The van der Waals surface area contributed by atoms with Crippen molar-refractivity contribution in [2.75, 3.05) is 48.9 Å². The molecule has 0 radical (unpaired) electrons. The number of aliphatic hydroxyl groups excluding tert-OH is 1. The van der Waals surface area contributed by atoms with Crippen LogP contribution in [0.15, 0.2) is 97.1 Å². The van der Waals surface area contributed by atoms with Crippen LogP contribution in [0, 0.1) is 25.1 Å². The van der Waals surface area contributed by atoms with Crippen molar-refractivity contribution in [3.05, 3.63) is 143 Å². The number of aliphatic hydroxyl groups is 5. The molecule has 0 aromatic heterocycles. The van der Waals surface area contributed by atoms with Crippen molar-refractivity contribution in [3.63, 3.8) is 0 Å². The molecule has 0 aliphatic carbocycles. The molecule has 2 amide bonds. The number of likely N-dealkylation sites (N-methyl/N-ethyl adjacent to an activating group) is 2. The molecule has 15 heteroatoms. The van der Waals surface area contributed by atoms with E-state index in [1.807, 2.05) is 39.2 Å². The maximum absolute atomic E-state index is 11.8. The van der Waals surface area contributed by atoms with Crippen LogP contribution in [0.25, 0.3) is 0 Å². The number of carboxylic acids is 1. The standard InChI is InChI=1S/C12H17NO2.C11H14NO2.C9H9O3.C9H11O2.C2H7N.3W/c1-9-6-5-7-10(8-9)12(2,15)11(14)13(3)4;1-11(14,10(13)12(2)3)9-7-5-4-6-8-9;1-9(12,8(10)11)7-5-3-2-4-6-7;1-9(11,7-10)8-5-3-2-4-6-8;1-3-2;;;/h5-8,15H,1-4H3;4-5,7-8,14H,1-3H3;2-3,5-6,12H,1H3,(H,10,11);2-3,5-6,10-11H,7H2,1H3;3H,1-2H3;;;/q;3*-1;;;;. The fraction of sp³-hybridized carbons (Fsp3) is 0.372. The molecule has 4 unspecified atom stereocenters. The summed E-state index contributed by atoms with van der Waals surface area (Å²) in [7, 11) is 10.2. The summed E-state index contributed by atoms with van der Waals surface area (Å²) >= 11 is 0. The Hall–Kier alpha value is -2.89. The van der Waals surface area contributed by atoms with Gasteiger partial charge in [-0.2, -0.15) is 91.0 Å². The summed E-state index contributed by atoms with van der Waals surface area (Å²) in [6.07, 6.45) is 0. The van der Waals surface area contributed by atoms with Gasteiger partial charge in [0.2, 0.25) is 5.91 Å². The van der Waals surface area contributed by atoms with Gasteiger partial charge < -0.3 is 45.8 Å². The Kier molecular flexibility index (Phi) is 31.3. The van der Waals surface area contributed by atoms with Crippen LogP contribution in [-0.2, 0) is 100.0 Å². The van der Waals surface area contributed by atoms with Gasteiger partial charge in [0.05, 0.1) is 12.2 Å². The number of benzene rings is 4. The van der Waals surface area contributed by atoms with E-state index in [2.05, 4.69) is 23.5 Å². The number of aryl methyl sites for hydroxylation is 1. The number of carbonyl (C=O) groups is 3. The van der Waals surface area contributed by atoms with Gasteiger partial charge in [0, 0.05) is 91.4 Å². The molecule has 4 aromatic carbocycles. The SMILES string of the molecule is CC(O)(C(=O)O)c1c[c-]ccc1.CC(O)(CO)c1c[c-]ccc1.CN(C)C(=O)C(C)(O)c1c[c-]ccc1.CNC.Cc1cccc(C(C)(O)C(=O)N(C)C)c1.[W].[W].[W]. The van der Waals surface area contributed by atoms with E-state index in [9.17, 15) is 34.8 Å². The number of rotatable bonds is 8. The molecule has 4 aromatic rings. The molecule has 0 fully saturated rings. The number of hydrogen-bond donors (Lipinski definition) is 7. The van der Waals surface area contributed by atoms with Crippen LogP contribution in [0.5, 0.6) is 0 Å². The van der Waals surface area contributed by atoms with E-state index >= 15 is 0 Å². The van der Waals surface area contributed by atoms with Crippen LogP contribution in [-0.4, -0.2) is 107 Å². The average molecular weight is 1310 g/mol. The van der Waals surface area contributed by atoms with Crippen molar-refractivity contribution in [3.8, 4) is 0 Å². The zero-order chi connectivity index (χ0) is 42.6. The fourth-order valence-electron chi connectivity index (χ4n) is 4.40. The van der Waals surface area contributed by atoms with E-state index in [-0.39, 0.29) is 81.6 Å². The van der Waals surface area contributed by atoms with Gasteiger partial charge in [-0.1, -0.05) is 29.8 Å². The minimum atomic E-state index is -1.82. The molecule has 4 rings (SSSR count). The minimum Gasteiger partial charge on any atom is -0.480 e. The smallest absolute Gasteiger partial charge is 0.327 e. The second-order valence-electron chi connectivity index (χ2n) is 13.6. The molecule has 0 saturated heterocycles. The summed E-state index contributed by atoms with van der Waals surface area (Å²) in [5.74, 6) is -1.91. The third-order valence-corrected chi connectivity index (χ3v) is 7.82. The molecule has 0 aliphatic rings. The first kappa shape index (κ1) is 61.8. The minimum absolute atomic E-state index is 0. The monoisotopic (exact) mass is 1310 g/mol. The fourth-order valence-corrected chi connectivity index (χ4v) is 4.40. The third kappa shape index (κ3) is 20.4. The molecule has 58 heavy (non-hydrogen) atoms. The number of carbonyl (C=O) groups excluding carboxylic acids is 2. The quantitative estimate of drug-likeness (QED) is 0.129. The first-order valence-corrected chi connectivity index (χ1v) is 17.2. The Morgan fingerprint density at radius 1 is 0.603 bits per heavy atom. The molecule has 0 saturated carbocycles. The predicted molar refractivity (Wildman–Crippen MR) is 212 cm³/mol. The summed E-state index contributed by atoms with van der Waals surface area (Å²) in [5, 5.41) is 59.3. The number of nitrogens with zero attached hydrogens (tertiary/aromatic N) is 2. The van der Waals surface area contributed by atoms with Gasteiger partial charge in [0.25, 0.3) is 5.91 Å². The van der Waals surface area contributed by atoms with E-state index in [1.165, 1.54) is 36.6 Å². The van der Waals surface area contributed by atoms with Crippen molar-refractivity contribution in [2.45, 2.75) is 57.0 Å². The first-order valence-electron chi connectivity index (χ1n) is 17.2. The first-order chi connectivity index (χ1) is 25.4. The van der Waals surface area contributed by atoms with Gasteiger partial charge >= 0.3 is 5.97 Å². The van der Waals surface area contributed by atoms with Crippen LogP contribution in [0.1, 0.15) is 55.5 Å². The largest absolute Gasteiger partial charge is 0.480 e. The summed E-state index contributed by atoms with van der Waals surface area (Å²) in [5.41, 5.74) is -2.66. The molecular weight excluding hydrogens is 1250 g/mol. The van der Waals surface area contributed by atoms with E-state index in [0.29, 0.717) is 22.3 Å². The Bertz CT molecular complexity index is 1730. The number of amides is 2. The van der Waals surface area contributed by atoms with Crippen molar-refractivity contribution in [1.29, 1.82) is 0 Å². The van der Waals surface area contributed by atoms with Crippen LogP contribution in [0.3, 0.4) is 0 Å². The Labute approximate surface area is 387 Å². The summed E-state index contributed by atoms with van der Waals surface area (Å²) in [6, 6.07) is 35.7. The van der Waals surface area contributed by atoms with Gasteiger partial charge in [0.1, 0.15) is 11.2 Å². The summed E-state index contributed by atoms with van der Waals surface area (Å²) < 4.78 is 0. The maximum Gasteiger partial charge on any atom is 0.327 e. The van der Waals surface area contributed by atoms with Crippen molar-refractivity contribution in [1.82, 2.24) is 15.1 Å². The molecule has 0 spiro atoms. The van der Waals surface area contributed by atoms with Crippen LogP contribution in [0.4, 0.5) is 0 Å². The Morgan fingerprint density at radius 2 is 0.931 bits per heavy atom. The van der Waals surface area contributed by atoms with Crippen molar-refractivity contribution >= 4 is 17.8 Å². The third-order valence-electron chi connectivity index (χ3n) is 7.82. The second-order valence-corrected chi connectivity index (χ2v) is 13.6. The number of aliphatic carboxylic acids is 1. The Morgan fingerprint density at radius 3 is 1.22 bits per heavy atom. The molecule has 12 nitrogen and oxygen atoms in total. The van der Waals surface area contributed by atoms with Gasteiger partial charge in [0.15, 0.2) is 5.60 Å². The number of nitrogens with one attached hydrogen (secondary N) is 1. The second kappa shape index (κ2) is 29.4. The summed E-state index contributed by atoms with van der Waals surface area (Å²) in [6.45, 7) is 7.46. The molecule has 320 valence electrons. The Balaban J connectivity index is -0.000000324. The van der Waals surface area contributed by atoms with E-state index < -0.39 is 28.4 Å². The van der Waals surface area contributed by atoms with Crippen LogP contribution >= 0.6 is 0 Å². The summed E-state index contributed by atoms with van der Waals surface area (Å²) in [4.78, 5) is 36.7. The average Bonchev–Trinajstić information content (AvgIpc) is 3.16. The zero-order valence-corrected chi connectivity index (χ0v) is 43.8. The zero-order valence-electron chi connectivity index (χ0n) is 35.0. The van der Waals surface area contributed by atoms with Gasteiger partial charge in [-0.05, 0) is 54.3 Å². The maximum atomic E-state index is 11.8. The predicted octanol–water partition coefficient (Wildman–Crippen LogP) is 3.37. The topological polar surface area (TPSA) is 191 Å². The molecule has 7 N–H and O–H groups in total. The molecule has 0 heterocycles. The normalized spacial score (nSPS) is 13.7. The van der Waals surface area contributed by atoms with Gasteiger partial charge in [-0.25, -0.2) is 4.79 Å². The van der Waals surface area contributed by atoms with E-state index in [1.54, 1.807) is 108 Å².